The van der Waals surface area contributed by atoms with E-state index in [0.29, 0.717) is 18.8 Å². The first-order valence-corrected chi connectivity index (χ1v) is 9.83. The highest BCUT2D eigenvalue weighted by Gasteiger charge is 2.27. The minimum Gasteiger partial charge on any atom is -0.459 e. The molecule has 150 valence electrons. The molecule has 0 aliphatic carbocycles. The van der Waals surface area contributed by atoms with Crippen molar-refractivity contribution in [3.8, 4) is 0 Å². The zero-order valence-electron chi connectivity index (χ0n) is 16.6. The van der Waals surface area contributed by atoms with Gasteiger partial charge in [0.25, 0.3) is 5.91 Å². The lowest BCUT2D eigenvalue weighted by Gasteiger charge is -2.37. The second-order valence-electron chi connectivity index (χ2n) is 7.55. The number of halogens is 1. The van der Waals surface area contributed by atoms with Gasteiger partial charge in [-0.1, -0.05) is 37.6 Å². The molecule has 0 unspecified atom stereocenters. The second kappa shape index (κ2) is 8.69. The Bertz CT molecular complexity index is 825. The van der Waals surface area contributed by atoms with E-state index in [1.807, 2.05) is 23.1 Å². The Morgan fingerprint density at radius 2 is 1.89 bits per heavy atom. The molecular weight excluding hydrogens is 376 g/mol. The fourth-order valence-corrected chi connectivity index (χ4v) is 3.51. The van der Waals surface area contributed by atoms with Crippen molar-refractivity contribution in [2.75, 3.05) is 39.8 Å². The summed E-state index contributed by atoms with van der Waals surface area (Å²) in [4.78, 5) is 20.8. The number of benzene rings is 1. The van der Waals surface area contributed by atoms with Crippen LogP contribution in [0.2, 0.25) is 5.02 Å². The minimum atomic E-state index is -0.0993. The summed E-state index contributed by atoms with van der Waals surface area (Å²) >= 11 is 6.15. The van der Waals surface area contributed by atoms with Crippen molar-refractivity contribution in [3.63, 3.8) is 0 Å². The molecule has 6 nitrogen and oxygen atoms in total. The number of amides is 1. The lowest BCUT2D eigenvalue weighted by atomic mass is 9.84. The standard InChI is InChI=1S/C21H27ClN4O2/c1-21(2,16-6-4-7-17(22)14-16)15-24-20(23-3)26-11-9-25(10-12-26)19(27)18-8-5-13-28-18/h4-8,13-14H,9-12,15H2,1-3H3,(H,23,24). The van der Waals surface area contributed by atoms with Crippen LogP contribution in [0.1, 0.15) is 30.0 Å². The third kappa shape index (κ3) is 4.68. The molecule has 0 atom stereocenters. The predicted molar refractivity (Wildman–Crippen MR) is 112 cm³/mol. The van der Waals surface area contributed by atoms with E-state index in [9.17, 15) is 4.79 Å². The summed E-state index contributed by atoms with van der Waals surface area (Å²) in [5.41, 5.74) is 1.08. The zero-order valence-corrected chi connectivity index (χ0v) is 17.4. The van der Waals surface area contributed by atoms with Crippen LogP contribution in [-0.4, -0.2) is 61.4 Å². The maximum atomic E-state index is 12.4. The van der Waals surface area contributed by atoms with Gasteiger partial charge in [-0.15, -0.1) is 0 Å². The van der Waals surface area contributed by atoms with Gasteiger partial charge >= 0.3 is 0 Å². The van der Waals surface area contributed by atoms with Gasteiger partial charge in [0, 0.05) is 50.2 Å². The average Bonchev–Trinajstić information content (AvgIpc) is 3.23. The monoisotopic (exact) mass is 402 g/mol. The van der Waals surface area contributed by atoms with Crippen LogP contribution in [0.5, 0.6) is 0 Å². The number of guanidine groups is 1. The molecule has 1 fully saturated rings. The quantitative estimate of drug-likeness (QED) is 0.630. The molecule has 0 saturated carbocycles. The van der Waals surface area contributed by atoms with Crippen molar-refractivity contribution in [2.45, 2.75) is 19.3 Å². The first-order chi connectivity index (χ1) is 13.4. The summed E-state index contributed by atoms with van der Waals surface area (Å²) in [6.45, 7) is 7.81. The summed E-state index contributed by atoms with van der Waals surface area (Å²) in [6.07, 6.45) is 1.52. The maximum Gasteiger partial charge on any atom is 0.289 e. The number of nitrogens with one attached hydrogen (secondary N) is 1. The van der Waals surface area contributed by atoms with Gasteiger partial charge in [0.2, 0.25) is 0 Å². The molecule has 2 heterocycles. The molecule has 1 N–H and O–H groups in total. The number of hydrogen-bond donors (Lipinski definition) is 1. The third-order valence-corrected chi connectivity index (χ3v) is 5.34. The summed E-state index contributed by atoms with van der Waals surface area (Å²) in [6, 6.07) is 11.4. The van der Waals surface area contributed by atoms with Crippen molar-refractivity contribution >= 4 is 23.5 Å². The van der Waals surface area contributed by atoms with E-state index < -0.39 is 0 Å². The number of piperazine rings is 1. The van der Waals surface area contributed by atoms with Crippen molar-refractivity contribution in [3.05, 3.63) is 59.0 Å². The van der Waals surface area contributed by atoms with Crippen LogP contribution in [0, 0.1) is 0 Å². The molecule has 28 heavy (non-hydrogen) atoms. The average molecular weight is 403 g/mol. The van der Waals surface area contributed by atoms with E-state index in [1.54, 1.807) is 19.2 Å². The van der Waals surface area contributed by atoms with Crippen LogP contribution < -0.4 is 5.32 Å². The number of hydrogen-bond acceptors (Lipinski definition) is 3. The minimum absolute atomic E-state index is 0.0605. The van der Waals surface area contributed by atoms with Crippen LogP contribution in [0.3, 0.4) is 0 Å². The Morgan fingerprint density at radius 3 is 2.50 bits per heavy atom. The predicted octanol–water partition coefficient (Wildman–Crippen LogP) is 3.24. The van der Waals surface area contributed by atoms with Crippen LogP contribution in [0.4, 0.5) is 0 Å². The molecule has 1 aliphatic rings. The van der Waals surface area contributed by atoms with Crippen molar-refractivity contribution in [2.24, 2.45) is 4.99 Å². The fraction of sp³-hybridized carbons (Fsp3) is 0.429. The third-order valence-electron chi connectivity index (χ3n) is 5.10. The van der Waals surface area contributed by atoms with Gasteiger partial charge in [-0.2, -0.15) is 0 Å². The number of carbonyl (C=O) groups excluding carboxylic acids is 1. The van der Waals surface area contributed by atoms with E-state index in [2.05, 4.69) is 35.1 Å². The molecule has 1 amide bonds. The lowest BCUT2D eigenvalue weighted by molar-refractivity contribution is 0.0657. The van der Waals surface area contributed by atoms with Gasteiger partial charge in [0.05, 0.1) is 6.26 Å². The second-order valence-corrected chi connectivity index (χ2v) is 7.99. The Hall–Kier alpha value is -2.47. The van der Waals surface area contributed by atoms with Gasteiger partial charge in [0.1, 0.15) is 0 Å². The fourth-order valence-electron chi connectivity index (χ4n) is 3.32. The Balaban J connectivity index is 1.55. The molecule has 1 saturated heterocycles. The number of rotatable bonds is 4. The molecule has 1 aromatic heterocycles. The van der Waals surface area contributed by atoms with E-state index in [1.165, 1.54) is 11.8 Å². The smallest absolute Gasteiger partial charge is 0.289 e. The van der Waals surface area contributed by atoms with E-state index in [4.69, 9.17) is 16.0 Å². The Labute approximate surface area is 171 Å². The topological polar surface area (TPSA) is 61.1 Å². The number of furan rings is 1. The number of aliphatic imine (C=N–C) groups is 1. The normalized spacial score (nSPS) is 15.6. The molecule has 0 spiro atoms. The van der Waals surface area contributed by atoms with E-state index in [0.717, 1.165) is 30.6 Å². The van der Waals surface area contributed by atoms with Crippen molar-refractivity contribution in [1.82, 2.24) is 15.1 Å². The lowest BCUT2D eigenvalue weighted by Crippen LogP contribution is -2.54. The van der Waals surface area contributed by atoms with Gasteiger partial charge < -0.3 is 19.5 Å². The van der Waals surface area contributed by atoms with Crippen LogP contribution in [-0.2, 0) is 5.41 Å². The summed E-state index contributed by atoms with van der Waals surface area (Å²) < 4.78 is 5.22. The Morgan fingerprint density at radius 1 is 1.18 bits per heavy atom. The largest absolute Gasteiger partial charge is 0.459 e. The first-order valence-electron chi connectivity index (χ1n) is 9.45. The van der Waals surface area contributed by atoms with E-state index >= 15 is 0 Å². The zero-order chi connectivity index (χ0) is 20.1. The summed E-state index contributed by atoms with van der Waals surface area (Å²) in [7, 11) is 1.79. The molecule has 2 aromatic rings. The highest BCUT2D eigenvalue weighted by atomic mass is 35.5. The van der Waals surface area contributed by atoms with Crippen molar-refractivity contribution in [1.29, 1.82) is 0 Å². The van der Waals surface area contributed by atoms with Gasteiger partial charge in [0.15, 0.2) is 11.7 Å². The highest BCUT2D eigenvalue weighted by molar-refractivity contribution is 6.30. The first kappa shape index (κ1) is 20.3. The van der Waals surface area contributed by atoms with Gasteiger partial charge in [-0.25, -0.2) is 0 Å². The maximum absolute atomic E-state index is 12.4. The van der Waals surface area contributed by atoms with E-state index in [-0.39, 0.29) is 11.3 Å². The molecule has 1 aromatic carbocycles. The van der Waals surface area contributed by atoms with Crippen LogP contribution in [0.25, 0.3) is 0 Å². The summed E-state index contributed by atoms with van der Waals surface area (Å²) in [5.74, 6) is 1.18. The van der Waals surface area contributed by atoms with Gasteiger partial charge in [-0.3, -0.25) is 9.79 Å². The van der Waals surface area contributed by atoms with Crippen molar-refractivity contribution < 1.29 is 9.21 Å². The SMILES string of the molecule is CN=C(NCC(C)(C)c1cccc(Cl)c1)N1CCN(C(=O)c2ccco2)CC1. The number of nitrogens with zero attached hydrogens (tertiary/aromatic N) is 3. The molecule has 0 bridgehead atoms. The highest BCUT2D eigenvalue weighted by Crippen LogP contribution is 2.25. The summed E-state index contributed by atoms with van der Waals surface area (Å²) in [5, 5.41) is 4.22. The molecule has 7 heteroatoms. The van der Waals surface area contributed by atoms with Crippen LogP contribution >= 0.6 is 11.6 Å². The molecule has 1 aliphatic heterocycles. The molecule has 0 radical (unpaired) electrons. The Kier molecular flexibility index (Phi) is 6.29. The number of carbonyl (C=O) groups is 1. The van der Waals surface area contributed by atoms with Crippen LogP contribution in [0.15, 0.2) is 52.1 Å². The van der Waals surface area contributed by atoms with Gasteiger partial charge in [-0.05, 0) is 29.8 Å². The molecular formula is C21H27ClN4O2. The molecule has 3 rings (SSSR count).